The van der Waals surface area contributed by atoms with Gasteiger partial charge in [0, 0.05) is 37.7 Å². The van der Waals surface area contributed by atoms with E-state index in [1.165, 1.54) is 10.2 Å². The first-order valence-corrected chi connectivity index (χ1v) is 14.2. The first-order chi connectivity index (χ1) is 18.4. The Bertz CT molecular complexity index is 1600. The van der Waals surface area contributed by atoms with Gasteiger partial charge in [-0.1, -0.05) is 18.2 Å². The molecule has 1 amide bonds. The van der Waals surface area contributed by atoms with Gasteiger partial charge in [0.15, 0.2) is 5.65 Å². The third kappa shape index (κ3) is 4.89. The number of nitrogens with zero attached hydrogens (tertiary/aromatic N) is 5. The van der Waals surface area contributed by atoms with E-state index in [0.29, 0.717) is 47.9 Å². The Morgan fingerprint density at radius 2 is 1.95 bits per heavy atom. The monoisotopic (exact) mass is 534 g/mol. The van der Waals surface area contributed by atoms with E-state index in [0.717, 1.165) is 31.2 Å². The fraction of sp³-hybridized carbons (Fsp3) is 0.407. The van der Waals surface area contributed by atoms with Gasteiger partial charge in [-0.2, -0.15) is 5.26 Å². The molecule has 4 aromatic rings. The molecule has 0 atom stereocenters. The smallest absolute Gasteiger partial charge is 0.269 e. The van der Waals surface area contributed by atoms with Crippen LogP contribution in [0, 0.1) is 17.2 Å². The Hall–Kier alpha value is -3.75. The molecule has 198 valence electrons. The number of fused-ring (bicyclic) bond motifs is 3. The first kappa shape index (κ1) is 25.9. The van der Waals surface area contributed by atoms with E-state index < -0.39 is 10.0 Å². The average molecular weight is 535 g/mol. The molecule has 38 heavy (non-hydrogen) atoms. The number of carbonyl (C=O) groups excluding carboxylic acids is 1. The van der Waals surface area contributed by atoms with Crippen LogP contribution in [-0.2, 0) is 26.0 Å². The Balaban J connectivity index is 1.60. The van der Waals surface area contributed by atoms with Gasteiger partial charge in [-0.15, -0.1) is 0 Å². The summed E-state index contributed by atoms with van der Waals surface area (Å²) in [5, 5.41) is 12.7. The molecule has 0 spiro atoms. The van der Waals surface area contributed by atoms with Gasteiger partial charge in [0.1, 0.15) is 11.3 Å². The molecule has 3 heterocycles. The highest BCUT2D eigenvalue weighted by molar-refractivity contribution is 7.90. The van der Waals surface area contributed by atoms with Gasteiger partial charge in [0.2, 0.25) is 5.91 Å². The molecule has 1 aliphatic rings. The SMILES string of the molecule is COCCNC(=O)Cc1nc2cnc3c(ccn3S(=O)(=O)c3ccccc3)c2n1C1CCC(CC#N)CC1. The number of imidazole rings is 1. The Morgan fingerprint density at radius 1 is 1.18 bits per heavy atom. The molecule has 0 radical (unpaired) electrons. The molecule has 1 saturated carbocycles. The Labute approximate surface area is 221 Å². The van der Waals surface area contributed by atoms with Crippen molar-refractivity contribution < 1.29 is 17.9 Å². The second-order valence-corrected chi connectivity index (χ2v) is 11.4. The Morgan fingerprint density at radius 3 is 2.66 bits per heavy atom. The molecule has 1 fully saturated rings. The number of benzene rings is 1. The molecule has 5 rings (SSSR count). The van der Waals surface area contributed by atoms with Crippen LogP contribution >= 0.6 is 0 Å². The molecular formula is C27H30N6O4S. The predicted octanol–water partition coefficient (Wildman–Crippen LogP) is 3.57. The van der Waals surface area contributed by atoms with Crippen LogP contribution < -0.4 is 5.32 Å². The first-order valence-electron chi connectivity index (χ1n) is 12.7. The number of carbonyl (C=O) groups is 1. The molecular weight excluding hydrogens is 504 g/mol. The minimum Gasteiger partial charge on any atom is -0.383 e. The third-order valence-corrected chi connectivity index (χ3v) is 8.89. The highest BCUT2D eigenvalue weighted by Crippen LogP contribution is 2.38. The lowest BCUT2D eigenvalue weighted by molar-refractivity contribution is -0.120. The van der Waals surface area contributed by atoms with Crippen molar-refractivity contribution in [3.8, 4) is 6.07 Å². The molecule has 1 aliphatic carbocycles. The number of pyridine rings is 1. The number of aromatic nitrogens is 4. The summed E-state index contributed by atoms with van der Waals surface area (Å²) in [4.78, 5) is 22.2. The summed E-state index contributed by atoms with van der Waals surface area (Å²) in [6.07, 6.45) is 7.26. The molecule has 0 unspecified atom stereocenters. The molecule has 1 N–H and O–H groups in total. The molecule has 3 aromatic heterocycles. The van der Waals surface area contributed by atoms with Crippen molar-refractivity contribution >= 4 is 38.0 Å². The lowest BCUT2D eigenvalue weighted by atomic mass is 9.84. The quantitative estimate of drug-likeness (QED) is 0.325. The summed E-state index contributed by atoms with van der Waals surface area (Å²) in [5.74, 6) is 0.822. The van der Waals surface area contributed by atoms with Gasteiger partial charge in [0.25, 0.3) is 10.0 Å². The molecule has 0 saturated heterocycles. The van der Waals surface area contributed by atoms with Crippen molar-refractivity contribution in [2.75, 3.05) is 20.3 Å². The fourth-order valence-electron chi connectivity index (χ4n) is 5.35. The van der Waals surface area contributed by atoms with Crippen molar-refractivity contribution in [2.45, 2.75) is 49.5 Å². The van der Waals surface area contributed by atoms with Crippen LogP contribution in [0.5, 0.6) is 0 Å². The van der Waals surface area contributed by atoms with Gasteiger partial charge in [-0.25, -0.2) is 22.4 Å². The van der Waals surface area contributed by atoms with Crippen LogP contribution in [-0.4, -0.2) is 53.1 Å². The zero-order valence-corrected chi connectivity index (χ0v) is 22.0. The van der Waals surface area contributed by atoms with Crippen molar-refractivity contribution in [1.29, 1.82) is 5.26 Å². The van der Waals surface area contributed by atoms with Crippen LogP contribution in [0.4, 0.5) is 0 Å². The minimum absolute atomic E-state index is 0.0800. The van der Waals surface area contributed by atoms with E-state index in [2.05, 4.69) is 20.9 Å². The average Bonchev–Trinajstić information content (AvgIpc) is 3.52. The lowest BCUT2D eigenvalue weighted by Gasteiger charge is -2.30. The maximum absolute atomic E-state index is 13.4. The number of rotatable bonds is 9. The molecule has 0 bridgehead atoms. The normalized spacial score (nSPS) is 18.0. The van der Waals surface area contributed by atoms with E-state index in [9.17, 15) is 13.2 Å². The van der Waals surface area contributed by atoms with E-state index in [1.54, 1.807) is 49.7 Å². The van der Waals surface area contributed by atoms with Crippen molar-refractivity contribution in [1.82, 2.24) is 23.8 Å². The Kier molecular flexibility index (Phi) is 7.44. The summed E-state index contributed by atoms with van der Waals surface area (Å²) in [7, 11) is -2.27. The van der Waals surface area contributed by atoms with Crippen molar-refractivity contribution in [2.24, 2.45) is 5.92 Å². The van der Waals surface area contributed by atoms with Crippen LogP contribution in [0.2, 0.25) is 0 Å². The molecule has 10 nitrogen and oxygen atoms in total. The number of ether oxygens (including phenoxy) is 1. The third-order valence-electron chi connectivity index (χ3n) is 7.21. The molecule has 0 aliphatic heterocycles. The van der Waals surface area contributed by atoms with E-state index in [1.807, 2.05) is 0 Å². The summed E-state index contributed by atoms with van der Waals surface area (Å²) in [6, 6.07) is 12.4. The van der Waals surface area contributed by atoms with Gasteiger partial charge >= 0.3 is 0 Å². The van der Waals surface area contributed by atoms with Crippen LogP contribution in [0.3, 0.4) is 0 Å². The summed E-state index contributed by atoms with van der Waals surface area (Å²) >= 11 is 0. The number of methoxy groups -OCH3 is 1. The van der Waals surface area contributed by atoms with E-state index in [-0.39, 0.29) is 23.3 Å². The van der Waals surface area contributed by atoms with Crippen LogP contribution in [0.25, 0.3) is 22.1 Å². The van der Waals surface area contributed by atoms with E-state index >= 15 is 0 Å². The predicted molar refractivity (Wildman–Crippen MR) is 142 cm³/mol. The van der Waals surface area contributed by atoms with Crippen LogP contribution in [0.1, 0.15) is 44.0 Å². The van der Waals surface area contributed by atoms with Gasteiger partial charge in [-0.3, -0.25) is 4.79 Å². The second-order valence-electron chi connectivity index (χ2n) is 9.61. The number of amides is 1. The number of hydrogen-bond donors (Lipinski definition) is 1. The molecule has 11 heteroatoms. The maximum atomic E-state index is 13.4. The zero-order chi connectivity index (χ0) is 26.7. The maximum Gasteiger partial charge on any atom is 0.269 e. The fourth-order valence-corrected chi connectivity index (χ4v) is 6.67. The second kappa shape index (κ2) is 10.9. The molecule has 1 aromatic carbocycles. The largest absolute Gasteiger partial charge is 0.383 e. The van der Waals surface area contributed by atoms with Crippen LogP contribution in [0.15, 0.2) is 53.7 Å². The van der Waals surface area contributed by atoms with Crippen molar-refractivity contribution in [3.05, 3.63) is 54.6 Å². The van der Waals surface area contributed by atoms with Crippen molar-refractivity contribution in [3.63, 3.8) is 0 Å². The highest BCUT2D eigenvalue weighted by atomic mass is 32.2. The number of nitriles is 1. The summed E-state index contributed by atoms with van der Waals surface area (Å²) < 4.78 is 35.2. The lowest BCUT2D eigenvalue weighted by Crippen LogP contribution is -2.30. The topological polar surface area (TPSA) is 132 Å². The van der Waals surface area contributed by atoms with E-state index in [4.69, 9.17) is 15.0 Å². The summed E-state index contributed by atoms with van der Waals surface area (Å²) in [5.41, 5.74) is 1.71. The zero-order valence-electron chi connectivity index (χ0n) is 21.2. The van der Waals surface area contributed by atoms with Gasteiger partial charge in [-0.05, 0) is 49.8 Å². The van der Waals surface area contributed by atoms with Gasteiger partial charge < -0.3 is 14.6 Å². The standard InChI is InChI=1S/C27H30N6O4S/c1-37-16-14-29-25(34)17-24-31-23-18-30-27-22(12-15-32(27)38(35,36)21-5-3-2-4-6-21)26(23)33(24)20-9-7-19(8-10-20)11-13-28/h2-6,12,15,18-20H,7-11,14,16-17H2,1H3,(H,29,34). The number of nitrogens with one attached hydrogen (secondary N) is 1. The number of hydrogen-bond acceptors (Lipinski definition) is 7. The van der Waals surface area contributed by atoms with Gasteiger partial charge in [0.05, 0.1) is 35.7 Å². The summed E-state index contributed by atoms with van der Waals surface area (Å²) in [6.45, 7) is 0.819. The minimum atomic E-state index is -3.85. The highest BCUT2D eigenvalue weighted by Gasteiger charge is 2.29.